The molecule has 30 heavy (non-hydrogen) atoms. The Balaban J connectivity index is 1.16. The molecule has 3 aromatic heterocycles. The molecule has 1 aliphatic heterocycles. The second-order valence-electron chi connectivity index (χ2n) is 8.41. The number of fused-ring (bicyclic) bond motifs is 1. The average molecular weight is 406 g/mol. The van der Waals surface area contributed by atoms with E-state index in [0.29, 0.717) is 11.6 Å². The second kappa shape index (κ2) is 8.52. The number of oxazole rings is 1. The first kappa shape index (κ1) is 19.2. The van der Waals surface area contributed by atoms with E-state index < -0.39 is 0 Å². The molecule has 0 N–H and O–H groups in total. The predicted octanol–water partition coefficient (Wildman–Crippen LogP) is 3.08. The summed E-state index contributed by atoms with van der Waals surface area (Å²) in [6.07, 6.45) is 11.8. The fourth-order valence-electron chi connectivity index (χ4n) is 4.50. The minimum atomic E-state index is -0.00310. The molecule has 0 amide bonds. The molecular weight excluding hydrogens is 378 g/mol. The zero-order valence-corrected chi connectivity index (χ0v) is 17.2. The van der Waals surface area contributed by atoms with Crippen molar-refractivity contribution in [1.29, 1.82) is 0 Å². The molecule has 0 spiro atoms. The quantitative estimate of drug-likeness (QED) is 0.649. The molecular formula is C23H27N5O2. The highest BCUT2D eigenvalue weighted by molar-refractivity contribution is 5.56. The molecule has 1 saturated heterocycles. The first-order chi connectivity index (χ1) is 14.7. The summed E-state index contributed by atoms with van der Waals surface area (Å²) in [5, 5.41) is 0. The number of hydrogen-bond acceptors (Lipinski definition) is 6. The summed E-state index contributed by atoms with van der Waals surface area (Å²) in [4.78, 5) is 28.3. The SMILES string of the molecule is O=c1cc(-c2cccnc2)ncn1CC1CCN(Cc2nc3c(o2)CCCC3)CC1. The maximum Gasteiger partial charge on any atom is 0.253 e. The lowest BCUT2D eigenvalue weighted by Crippen LogP contribution is -2.36. The Morgan fingerprint density at radius 1 is 1.17 bits per heavy atom. The fraction of sp³-hybridized carbons (Fsp3) is 0.478. The number of aromatic nitrogens is 4. The fourth-order valence-corrected chi connectivity index (χ4v) is 4.50. The van der Waals surface area contributed by atoms with Crippen LogP contribution in [0.5, 0.6) is 0 Å². The van der Waals surface area contributed by atoms with Gasteiger partial charge in [0.2, 0.25) is 5.89 Å². The summed E-state index contributed by atoms with van der Waals surface area (Å²) < 4.78 is 7.72. The van der Waals surface area contributed by atoms with E-state index in [1.165, 1.54) is 18.5 Å². The lowest BCUT2D eigenvalue weighted by Gasteiger charge is -2.31. The molecule has 0 aromatic carbocycles. The van der Waals surface area contributed by atoms with E-state index in [4.69, 9.17) is 9.40 Å². The third kappa shape index (κ3) is 4.21. The summed E-state index contributed by atoms with van der Waals surface area (Å²) in [5.41, 5.74) is 2.71. The molecule has 1 aliphatic carbocycles. The number of rotatable bonds is 5. The van der Waals surface area contributed by atoms with Gasteiger partial charge in [-0.05, 0) is 63.2 Å². The monoisotopic (exact) mass is 405 g/mol. The van der Waals surface area contributed by atoms with E-state index in [9.17, 15) is 4.79 Å². The largest absolute Gasteiger partial charge is 0.444 e. The van der Waals surface area contributed by atoms with E-state index in [2.05, 4.69) is 14.9 Å². The van der Waals surface area contributed by atoms with Crippen LogP contribution in [0, 0.1) is 5.92 Å². The van der Waals surface area contributed by atoms with Crippen molar-refractivity contribution in [1.82, 2.24) is 24.4 Å². The normalized spacial score (nSPS) is 17.7. The summed E-state index contributed by atoms with van der Waals surface area (Å²) in [6.45, 7) is 3.53. The van der Waals surface area contributed by atoms with Crippen molar-refractivity contribution in [2.75, 3.05) is 13.1 Å². The van der Waals surface area contributed by atoms with Crippen LogP contribution in [0.15, 0.2) is 46.1 Å². The van der Waals surface area contributed by atoms with E-state index in [-0.39, 0.29) is 5.56 Å². The van der Waals surface area contributed by atoms with Crippen molar-refractivity contribution in [3.63, 3.8) is 0 Å². The van der Waals surface area contributed by atoms with Crippen LogP contribution in [0.25, 0.3) is 11.3 Å². The number of likely N-dealkylation sites (tertiary alicyclic amines) is 1. The smallest absolute Gasteiger partial charge is 0.253 e. The first-order valence-corrected chi connectivity index (χ1v) is 10.9. The first-order valence-electron chi connectivity index (χ1n) is 10.9. The lowest BCUT2D eigenvalue weighted by molar-refractivity contribution is 0.153. The van der Waals surface area contributed by atoms with Gasteiger partial charge in [-0.1, -0.05) is 0 Å². The molecule has 2 aliphatic rings. The van der Waals surface area contributed by atoms with Crippen molar-refractivity contribution in [2.45, 2.75) is 51.6 Å². The van der Waals surface area contributed by atoms with Gasteiger partial charge in [0.25, 0.3) is 5.56 Å². The Labute approximate surface area is 175 Å². The summed E-state index contributed by atoms with van der Waals surface area (Å²) in [7, 11) is 0. The molecule has 0 saturated carbocycles. The molecule has 7 heteroatoms. The van der Waals surface area contributed by atoms with Gasteiger partial charge in [-0.15, -0.1) is 0 Å². The van der Waals surface area contributed by atoms with Gasteiger partial charge >= 0.3 is 0 Å². The van der Waals surface area contributed by atoms with Crippen LogP contribution >= 0.6 is 0 Å². The predicted molar refractivity (Wildman–Crippen MR) is 113 cm³/mol. The topological polar surface area (TPSA) is 77.1 Å². The van der Waals surface area contributed by atoms with Crippen LogP contribution in [-0.4, -0.2) is 37.5 Å². The van der Waals surface area contributed by atoms with E-state index in [1.807, 2.05) is 12.1 Å². The molecule has 156 valence electrons. The molecule has 1 fully saturated rings. The Bertz CT molecular complexity index is 1030. The van der Waals surface area contributed by atoms with Gasteiger partial charge in [0, 0.05) is 37.0 Å². The van der Waals surface area contributed by atoms with Crippen molar-refractivity contribution < 1.29 is 4.42 Å². The average Bonchev–Trinajstić information content (AvgIpc) is 3.19. The molecule has 0 unspecified atom stereocenters. The van der Waals surface area contributed by atoms with Crippen molar-refractivity contribution in [2.24, 2.45) is 5.92 Å². The number of hydrogen-bond donors (Lipinski definition) is 0. The number of piperidine rings is 1. The van der Waals surface area contributed by atoms with Crippen LogP contribution < -0.4 is 5.56 Å². The van der Waals surface area contributed by atoms with Crippen molar-refractivity contribution in [3.05, 3.63) is 64.6 Å². The summed E-state index contributed by atoms with van der Waals surface area (Å²) in [5.74, 6) is 2.46. The highest BCUT2D eigenvalue weighted by atomic mass is 16.4. The number of nitrogens with zero attached hydrogens (tertiary/aromatic N) is 5. The summed E-state index contributed by atoms with van der Waals surface area (Å²) in [6, 6.07) is 5.37. The number of pyridine rings is 1. The third-order valence-corrected chi connectivity index (χ3v) is 6.25. The molecule has 0 bridgehead atoms. The van der Waals surface area contributed by atoms with Crippen LogP contribution in [0.4, 0.5) is 0 Å². The van der Waals surface area contributed by atoms with Crippen LogP contribution in [0.2, 0.25) is 0 Å². The third-order valence-electron chi connectivity index (χ3n) is 6.25. The minimum absolute atomic E-state index is 0.00310. The van der Waals surface area contributed by atoms with Crippen LogP contribution in [-0.2, 0) is 25.9 Å². The Hall–Kier alpha value is -2.80. The molecule has 0 atom stereocenters. The summed E-state index contributed by atoms with van der Waals surface area (Å²) >= 11 is 0. The van der Waals surface area contributed by atoms with Crippen molar-refractivity contribution >= 4 is 0 Å². The maximum absolute atomic E-state index is 12.6. The lowest BCUT2D eigenvalue weighted by atomic mass is 9.96. The molecule has 0 radical (unpaired) electrons. The van der Waals surface area contributed by atoms with Gasteiger partial charge in [0.15, 0.2) is 0 Å². The zero-order valence-electron chi connectivity index (χ0n) is 17.2. The molecule has 4 heterocycles. The van der Waals surface area contributed by atoms with E-state index in [1.54, 1.807) is 29.4 Å². The highest BCUT2D eigenvalue weighted by Gasteiger charge is 2.23. The molecule has 3 aromatic rings. The van der Waals surface area contributed by atoms with E-state index in [0.717, 1.165) is 69.1 Å². The Kier molecular flexibility index (Phi) is 5.45. The van der Waals surface area contributed by atoms with Crippen LogP contribution in [0.3, 0.4) is 0 Å². The van der Waals surface area contributed by atoms with Gasteiger partial charge in [0.05, 0.1) is 24.3 Å². The highest BCUT2D eigenvalue weighted by Crippen LogP contribution is 2.24. The van der Waals surface area contributed by atoms with Crippen LogP contribution in [0.1, 0.15) is 43.0 Å². The van der Waals surface area contributed by atoms with Gasteiger partial charge in [0.1, 0.15) is 5.76 Å². The van der Waals surface area contributed by atoms with E-state index >= 15 is 0 Å². The minimum Gasteiger partial charge on any atom is -0.444 e. The Morgan fingerprint density at radius 2 is 2.03 bits per heavy atom. The number of aryl methyl sites for hydroxylation is 2. The van der Waals surface area contributed by atoms with Gasteiger partial charge < -0.3 is 4.42 Å². The molecule has 5 rings (SSSR count). The second-order valence-corrected chi connectivity index (χ2v) is 8.41. The zero-order chi connectivity index (χ0) is 20.3. The van der Waals surface area contributed by atoms with Gasteiger partial charge in [-0.2, -0.15) is 0 Å². The maximum atomic E-state index is 12.6. The van der Waals surface area contributed by atoms with Crippen molar-refractivity contribution in [3.8, 4) is 11.3 Å². The Morgan fingerprint density at radius 3 is 2.80 bits per heavy atom. The van der Waals surface area contributed by atoms with Gasteiger partial charge in [-0.25, -0.2) is 9.97 Å². The standard InChI is InChI=1S/C23H27N5O2/c29-23-12-20(18-4-3-9-24-13-18)25-16-28(23)14-17-7-10-27(11-8-17)15-22-26-19-5-1-2-6-21(19)30-22/h3-4,9,12-13,16-17H,1-2,5-8,10-11,14-15H2. The van der Waals surface area contributed by atoms with Gasteiger partial charge in [-0.3, -0.25) is 19.2 Å². The molecule has 7 nitrogen and oxygen atoms in total.